The zero-order valence-electron chi connectivity index (χ0n) is 11.7. The smallest absolute Gasteiger partial charge is 0.320 e. The molecule has 21 heavy (non-hydrogen) atoms. The van der Waals surface area contributed by atoms with Gasteiger partial charge in [-0.1, -0.05) is 25.1 Å². The van der Waals surface area contributed by atoms with Gasteiger partial charge in [0.15, 0.2) is 12.4 Å². The summed E-state index contributed by atoms with van der Waals surface area (Å²) in [7, 11) is 0. The fraction of sp³-hybridized carbons (Fsp3) is 0.429. The first-order chi connectivity index (χ1) is 10.3. The van der Waals surface area contributed by atoms with Crippen LogP contribution in [0.2, 0.25) is 0 Å². The van der Waals surface area contributed by atoms with Gasteiger partial charge in [0.2, 0.25) is 0 Å². The lowest BCUT2D eigenvalue weighted by Crippen LogP contribution is -2.20. The van der Waals surface area contributed by atoms with Crippen molar-refractivity contribution in [3.8, 4) is 0 Å². The Morgan fingerprint density at radius 3 is 3.14 bits per heavy atom. The first-order valence-corrected chi connectivity index (χ1v) is 7.82. The SMILES string of the molecule is CCCn1nnnc1COC(=O)C1Cc2ccccc2S1. The molecule has 1 aliphatic heterocycles. The van der Waals surface area contributed by atoms with Gasteiger partial charge in [-0.2, -0.15) is 0 Å². The number of hydrogen-bond donors (Lipinski definition) is 0. The van der Waals surface area contributed by atoms with Crippen LogP contribution in [-0.2, 0) is 29.1 Å². The Hall–Kier alpha value is -1.89. The summed E-state index contributed by atoms with van der Waals surface area (Å²) in [4.78, 5) is 13.3. The highest BCUT2D eigenvalue weighted by molar-refractivity contribution is 8.01. The molecular weight excluding hydrogens is 288 g/mol. The number of nitrogens with zero attached hydrogens (tertiary/aromatic N) is 4. The van der Waals surface area contributed by atoms with Crippen molar-refractivity contribution >= 4 is 17.7 Å². The van der Waals surface area contributed by atoms with E-state index in [1.54, 1.807) is 16.4 Å². The second kappa shape index (κ2) is 6.26. The lowest BCUT2D eigenvalue weighted by Gasteiger charge is -2.09. The van der Waals surface area contributed by atoms with Gasteiger partial charge in [0.25, 0.3) is 0 Å². The van der Waals surface area contributed by atoms with Crippen LogP contribution in [0.5, 0.6) is 0 Å². The Labute approximate surface area is 126 Å². The highest BCUT2D eigenvalue weighted by Gasteiger charge is 2.29. The Morgan fingerprint density at radius 2 is 2.33 bits per heavy atom. The maximum Gasteiger partial charge on any atom is 0.320 e. The normalized spacial score (nSPS) is 16.7. The number of tetrazole rings is 1. The van der Waals surface area contributed by atoms with E-state index in [4.69, 9.17) is 4.74 Å². The van der Waals surface area contributed by atoms with Crippen LogP contribution in [-0.4, -0.2) is 31.4 Å². The third-order valence-corrected chi connectivity index (χ3v) is 4.59. The standard InChI is InChI=1S/C14H16N4O2S/c1-2-7-18-13(15-16-17-18)9-20-14(19)12-8-10-5-3-4-6-11(10)21-12/h3-6,12H,2,7-9H2,1H3. The van der Waals surface area contributed by atoms with Crippen LogP contribution in [0.1, 0.15) is 24.7 Å². The molecule has 0 bridgehead atoms. The Morgan fingerprint density at radius 1 is 1.48 bits per heavy atom. The van der Waals surface area contributed by atoms with Gasteiger partial charge in [-0.25, -0.2) is 4.68 Å². The number of hydrogen-bond acceptors (Lipinski definition) is 6. The maximum atomic E-state index is 12.2. The van der Waals surface area contributed by atoms with Crippen molar-refractivity contribution in [2.75, 3.05) is 0 Å². The number of carbonyl (C=O) groups excluding carboxylic acids is 1. The molecular formula is C14H16N4O2S. The zero-order valence-corrected chi connectivity index (χ0v) is 12.5. The van der Waals surface area contributed by atoms with E-state index in [0.717, 1.165) is 24.3 Å². The predicted molar refractivity (Wildman–Crippen MR) is 77.7 cm³/mol. The highest BCUT2D eigenvalue weighted by atomic mass is 32.2. The molecule has 110 valence electrons. The van der Waals surface area contributed by atoms with Crippen molar-refractivity contribution in [3.63, 3.8) is 0 Å². The van der Waals surface area contributed by atoms with E-state index in [1.807, 2.05) is 25.1 Å². The van der Waals surface area contributed by atoms with Gasteiger partial charge in [-0.15, -0.1) is 16.9 Å². The zero-order chi connectivity index (χ0) is 14.7. The minimum atomic E-state index is -0.206. The summed E-state index contributed by atoms with van der Waals surface area (Å²) in [5.41, 5.74) is 1.21. The summed E-state index contributed by atoms with van der Waals surface area (Å²) < 4.78 is 7.04. The largest absolute Gasteiger partial charge is 0.457 e. The molecule has 3 rings (SSSR count). The fourth-order valence-corrected chi connectivity index (χ4v) is 3.45. The molecule has 6 nitrogen and oxygen atoms in total. The van der Waals surface area contributed by atoms with E-state index in [2.05, 4.69) is 21.6 Å². The summed E-state index contributed by atoms with van der Waals surface area (Å²) in [6.45, 7) is 2.90. The third-order valence-electron chi connectivity index (χ3n) is 3.30. The third kappa shape index (κ3) is 3.07. The molecule has 2 aromatic rings. The van der Waals surface area contributed by atoms with Crippen LogP contribution in [0.25, 0.3) is 0 Å². The number of esters is 1. The van der Waals surface area contributed by atoms with E-state index in [9.17, 15) is 4.79 Å². The number of thioether (sulfide) groups is 1. The number of ether oxygens (including phenoxy) is 1. The molecule has 1 aromatic heterocycles. The van der Waals surface area contributed by atoms with Crippen LogP contribution in [0.4, 0.5) is 0 Å². The summed E-state index contributed by atoms with van der Waals surface area (Å²) >= 11 is 1.56. The van der Waals surface area contributed by atoms with Gasteiger partial charge < -0.3 is 4.74 Å². The summed E-state index contributed by atoms with van der Waals surface area (Å²) in [5, 5.41) is 11.2. The highest BCUT2D eigenvalue weighted by Crippen LogP contribution is 2.37. The van der Waals surface area contributed by atoms with E-state index >= 15 is 0 Å². The summed E-state index contributed by atoms with van der Waals surface area (Å²) in [6.07, 6.45) is 1.65. The average molecular weight is 304 g/mol. The van der Waals surface area contributed by atoms with Crippen molar-refractivity contribution in [1.82, 2.24) is 20.2 Å². The van der Waals surface area contributed by atoms with Crippen LogP contribution in [0.15, 0.2) is 29.2 Å². The first-order valence-electron chi connectivity index (χ1n) is 6.94. The van der Waals surface area contributed by atoms with Crippen LogP contribution < -0.4 is 0 Å². The molecule has 1 aliphatic rings. The van der Waals surface area contributed by atoms with Crippen molar-refractivity contribution in [2.45, 2.75) is 43.1 Å². The molecule has 0 aliphatic carbocycles. The quantitative estimate of drug-likeness (QED) is 0.785. The van der Waals surface area contributed by atoms with Gasteiger partial charge in [0, 0.05) is 11.4 Å². The van der Waals surface area contributed by atoms with Crippen molar-refractivity contribution in [1.29, 1.82) is 0 Å². The second-order valence-electron chi connectivity index (χ2n) is 4.84. The van der Waals surface area contributed by atoms with E-state index in [1.165, 1.54) is 5.56 Å². The Bertz CT molecular complexity index is 618. The topological polar surface area (TPSA) is 69.9 Å². The van der Waals surface area contributed by atoms with Crippen molar-refractivity contribution in [2.24, 2.45) is 0 Å². The van der Waals surface area contributed by atoms with Gasteiger partial charge in [-0.05, 0) is 34.9 Å². The first kappa shape index (κ1) is 14.1. The van der Waals surface area contributed by atoms with Crippen LogP contribution >= 0.6 is 11.8 Å². The second-order valence-corrected chi connectivity index (χ2v) is 6.09. The molecule has 1 aromatic carbocycles. The molecule has 7 heteroatoms. The average Bonchev–Trinajstić information content (AvgIpc) is 3.11. The van der Waals surface area contributed by atoms with Gasteiger partial charge in [0.05, 0.1) is 0 Å². The lowest BCUT2D eigenvalue weighted by molar-refractivity contribution is -0.144. The summed E-state index contributed by atoms with van der Waals surface area (Å²) in [6, 6.07) is 8.07. The number of benzene rings is 1. The number of rotatable bonds is 5. The molecule has 0 fully saturated rings. The predicted octanol–water partition coefficient (Wildman–Crippen LogP) is 1.84. The van der Waals surface area contributed by atoms with Gasteiger partial charge >= 0.3 is 5.97 Å². The van der Waals surface area contributed by atoms with E-state index in [0.29, 0.717) is 5.82 Å². The fourth-order valence-electron chi connectivity index (χ4n) is 2.25. The van der Waals surface area contributed by atoms with E-state index in [-0.39, 0.29) is 17.8 Å². The number of fused-ring (bicyclic) bond motifs is 1. The molecule has 0 radical (unpaired) electrons. The van der Waals surface area contributed by atoms with Gasteiger partial charge in [0.1, 0.15) is 5.25 Å². The van der Waals surface area contributed by atoms with Crippen molar-refractivity contribution in [3.05, 3.63) is 35.7 Å². The maximum absolute atomic E-state index is 12.2. The summed E-state index contributed by atoms with van der Waals surface area (Å²) in [5.74, 6) is 0.382. The number of aryl methyl sites for hydroxylation is 1. The lowest BCUT2D eigenvalue weighted by atomic mass is 10.1. The van der Waals surface area contributed by atoms with Crippen LogP contribution in [0.3, 0.4) is 0 Å². The van der Waals surface area contributed by atoms with Crippen molar-refractivity contribution < 1.29 is 9.53 Å². The molecule has 2 heterocycles. The number of aromatic nitrogens is 4. The Kier molecular flexibility index (Phi) is 4.19. The molecule has 0 N–H and O–H groups in total. The molecule has 0 amide bonds. The molecule has 0 saturated carbocycles. The minimum absolute atomic E-state index is 0.124. The molecule has 0 spiro atoms. The minimum Gasteiger partial charge on any atom is -0.457 e. The monoisotopic (exact) mass is 304 g/mol. The van der Waals surface area contributed by atoms with Crippen LogP contribution in [0, 0.1) is 0 Å². The Balaban J connectivity index is 1.57. The molecule has 1 atom stereocenters. The molecule has 0 saturated heterocycles. The van der Waals surface area contributed by atoms with Gasteiger partial charge in [-0.3, -0.25) is 4.79 Å². The number of carbonyl (C=O) groups is 1. The van der Waals surface area contributed by atoms with E-state index < -0.39 is 0 Å². The molecule has 1 unspecified atom stereocenters.